The lowest BCUT2D eigenvalue weighted by molar-refractivity contribution is 0.0597. The van der Waals surface area contributed by atoms with Gasteiger partial charge in [0.05, 0.1) is 18.7 Å². The number of fused-ring (bicyclic) bond motifs is 1. The average molecular weight is 235 g/mol. The van der Waals surface area contributed by atoms with Gasteiger partial charge in [0.25, 0.3) is 0 Å². The first kappa shape index (κ1) is 11.4. The highest BCUT2D eigenvalue weighted by atomic mass is 16.5. The molecule has 6 nitrogen and oxygen atoms in total. The number of nitrogens with zero attached hydrogens (tertiary/aromatic N) is 2. The Morgan fingerprint density at radius 1 is 1.59 bits per heavy atom. The first-order chi connectivity index (χ1) is 8.06. The van der Waals surface area contributed by atoms with Gasteiger partial charge in [-0.2, -0.15) is 0 Å². The number of nitrogens with two attached hydrogens (primary N) is 1. The van der Waals surface area contributed by atoms with Gasteiger partial charge in [-0.25, -0.2) is 9.78 Å². The van der Waals surface area contributed by atoms with Crippen LogP contribution in [0, 0.1) is 0 Å². The Morgan fingerprint density at radius 3 is 2.88 bits per heavy atom. The Balaban J connectivity index is 2.80. The molecule has 0 aliphatic heterocycles. The molecule has 3 N–H and O–H groups in total. The van der Waals surface area contributed by atoms with E-state index in [1.165, 1.54) is 17.6 Å². The van der Waals surface area contributed by atoms with Crippen LogP contribution in [0.25, 0.3) is 5.52 Å². The van der Waals surface area contributed by atoms with E-state index in [1.807, 2.05) is 0 Å². The molecule has 90 valence electrons. The number of esters is 1. The summed E-state index contributed by atoms with van der Waals surface area (Å²) in [5.74, 6) is -0.157. The summed E-state index contributed by atoms with van der Waals surface area (Å²) >= 11 is 0. The van der Waals surface area contributed by atoms with Crippen LogP contribution in [0.1, 0.15) is 29.3 Å². The van der Waals surface area contributed by atoms with Crippen molar-refractivity contribution in [3.05, 3.63) is 29.7 Å². The molecule has 2 aromatic rings. The van der Waals surface area contributed by atoms with Crippen molar-refractivity contribution >= 4 is 11.5 Å². The van der Waals surface area contributed by atoms with E-state index in [4.69, 9.17) is 5.73 Å². The van der Waals surface area contributed by atoms with E-state index in [1.54, 1.807) is 19.1 Å². The van der Waals surface area contributed by atoms with E-state index >= 15 is 0 Å². The lowest BCUT2D eigenvalue weighted by atomic mass is 10.3. The molecule has 0 saturated carbocycles. The highest BCUT2D eigenvalue weighted by molar-refractivity contribution is 5.95. The molecule has 0 spiro atoms. The van der Waals surface area contributed by atoms with E-state index in [2.05, 4.69) is 9.72 Å². The lowest BCUT2D eigenvalue weighted by Gasteiger charge is -2.05. The Labute approximate surface area is 97.6 Å². The van der Waals surface area contributed by atoms with Gasteiger partial charge in [0.15, 0.2) is 11.6 Å². The van der Waals surface area contributed by atoms with Crippen LogP contribution in [0.2, 0.25) is 0 Å². The van der Waals surface area contributed by atoms with Crippen LogP contribution in [0.3, 0.4) is 0 Å². The molecule has 0 radical (unpaired) electrons. The SMILES string of the molecule is COC(=O)c1nc(C(C)N)n2c(O)cccc12. The van der Waals surface area contributed by atoms with Gasteiger partial charge >= 0.3 is 5.97 Å². The number of pyridine rings is 1. The van der Waals surface area contributed by atoms with Crippen LogP contribution < -0.4 is 5.73 Å². The van der Waals surface area contributed by atoms with Crippen molar-refractivity contribution in [2.45, 2.75) is 13.0 Å². The Bertz CT molecular complexity index is 575. The summed E-state index contributed by atoms with van der Waals surface area (Å²) < 4.78 is 6.08. The molecule has 2 aromatic heterocycles. The minimum Gasteiger partial charge on any atom is -0.494 e. The van der Waals surface area contributed by atoms with E-state index in [9.17, 15) is 9.90 Å². The van der Waals surface area contributed by atoms with Gasteiger partial charge in [0, 0.05) is 0 Å². The predicted octanol–water partition coefficient (Wildman–Crippen LogP) is 0.846. The fourth-order valence-corrected chi connectivity index (χ4v) is 1.70. The molecular formula is C11H13N3O3. The minimum absolute atomic E-state index is 0.0162. The number of methoxy groups -OCH3 is 1. The first-order valence-corrected chi connectivity index (χ1v) is 5.10. The number of aromatic hydroxyl groups is 1. The van der Waals surface area contributed by atoms with E-state index in [0.29, 0.717) is 11.3 Å². The molecule has 0 bridgehead atoms. The van der Waals surface area contributed by atoms with Crippen molar-refractivity contribution in [3.63, 3.8) is 0 Å². The highest BCUT2D eigenvalue weighted by Gasteiger charge is 2.21. The largest absolute Gasteiger partial charge is 0.494 e. The second-order valence-corrected chi connectivity index (χ2v) is 3.70. The molecule has 2 rings (SSSR count). The van der Waals surface area contributed by atoms with Crippen LogP contribution in [-0.2, 0) is 4.74 Å². The van der Waals surface area contributed by atoms with E-state index in [-0.39, 0.29) is 11.6 Å². The summed E-state index contributed by atoms with van der Waals surface area (Å²) in [7, 11) is 1.28. The van der Waals surface area contributed by atoms with Crippen LogP contribution in [0.5, 0.6) is 5.88 Å². The molecule has 0 amide bonds. The first-order valence-electron chi connectivity index (χ1n) is 5.10. The van der Waals surface area contributed by atoms with Gasteiger partial charge in [-0.1, -0.05) is 6.07 Å². The summed E-state index contributed by atoms with van der Waals surface area (Å²) in [6.07, 6.45) is 0. The monoisotopic (exact) mass is 235 g/mol. The molecule has 6 heteroatoms. The summed E-state index contributed by atoms with van der Waals surface area (Å²) in [4.78, 5) is 15.7. The predicted molar refractivity (Wildman–Crippen MR) is 60.8 cm³/mol. The molecular weight excluding hydrogens is 222 g/mol. The van der Waals surface area contributed by atoms with Crippen LogP contribution in [0.15, 0.2) is 18.2 Å². The summed E-state index contributed by atoms with van der Waals surface area (Å²) in [5, 5.41) is 9.78. The van der Waals surface area contributed by atoms with Gasteiger partial charge in [-0.3, -0.25) is 4.40 Å². The van der Waals surface area contributed by atoms with Crippen LogP contribution >= 0.6 is 0 Å². The van der Waals surface area contributed by atoms with Gasteiger partial charge in [-0.05, 0) is 19.1 Å². The van der Waals surface area contributed by atoms with Crippen LogP contribution in [-0.4, -0.2) is 27.6 Å². The normalized spacial score (nSPS) is 12.6. The fourth-order valence-electron chi connectivity index (χ4n) is 1.70. The zero-order chi connectivity index (χ0) is 12.6. The summed E-state index contributed by atoms with van der Waals surface area (Å²) in [6, 6.07) is 4.39. The number of hydrogen-bond donors (Lipinski definition) is 2. The number of carbonyl (C=O) groups excluding carboxylic acids is 1. The lowest BCUT2D eigenvalue weighted by Crippen LogP contribution is -2.10. The third-order valence-electron chi connectivity index (χ3n) is 2.45. The second kappa shape index (κ2) is 4.06. The maximum absolute atomic E-state index is 11.6. The number of hydrogen-bond acceptors (Lipinski definition) is 5. The molecule has 2 heterocycles. The molecule has 0 aliphatic carbocycles. The standard InChI is InChI=1S/C11H13N3O3/c1-6(12)10-13-9(11(16)17-2)7-4-3-5-8(15)14(7)10/h3-6,15H,12H2,1-2H3. The third-order valence-corrected chi connectivity index (χ3v) is 2.45. The fraction of sp³-hybridized carbons (Fsp3) is 0.273. The van der Waals surface area contributed by atoms with Gasteiger partial charge in [-0.15, -0.1) is 0 Å². The Morgan fingerprint density at radius 2 is 2.29 bits per heavy atom. The third kappa shape index (κ3) is 1.72. The van der Waals surface area contributed by atoms with Gasteiger partial charge in [0.2, 0.25) is 0 Å². The molecule has 17 heavy (non-hydrogen) atoms. The Hall–Kier alpha value is -2.08. The number of ether oxygens (including phenoxy) is 1. The molecule has 0 aromatic carbocycles. The van der Waals surface area contributed by atoms with Crippen molar-refractivity contribution in [1.29, 1.82) is 0 Å². The summed E-state index contributed by atoms with van der Waals surface area (Å²) in [5.41, 5.74) is 6.38. The highest BCUT2D eigenvalue weighted by Crippen LogP contribution is 2.23. The molecule has 0 fully saturated rings. The number of aromatic nitrogens is 2. The van der Waals surface area contributed by atoms with Crippen LogP contribution in [0.4, 0.5) is 0 Å². The number of rotatable bonds is 2. The maximum Gasteiger partial charge on any atom is 0.358 e. The van der Waals surface area contributed by atoms with Crippen molar-refractivity contribution < 1.29 is 14.6 Å². The van der Waals surface area contributed by atoms with Crippen molar-refractivity contribution in [2.24, 2.45) is 5.73 Å². The maximum atomic E-state index is 11.6. The molecule has 0 saturated heterocycles. The zero-order valence-corrected chi connectivity index (χ0v) is 9.54. The topological polar surface area (TPSA) is 89.8 Å². The molecule has 1 unspecified atom stereocenters. The smallest absolute Gasteiger partial charge is 0.358 e. The van der Waals surface area contributed by atoms with Crippen molar-refractivity contribution in [3.8, 4) is 5.88 Å². The number of imidazole rings is 1. The molecule has 1 atom stereocenters. The minimum atomic E-state index is -0.556. The average Bonchev–Trinajstić information content (AvgIpc) is 2.69. The zero-order valence-electron chi connectivity index (χ0n) is 9.54. The van der Waals surface area contributed by atoms with Crippen molar-refractivity contribution in [1.82, 2.24) is 9.38 Å². The van der Waals surface area contributed by atoms with E-state index < -0.39 is 12.0 Å². The van der Waals surface area contributed by atoms with E-state index in [0.717, 1.165) is 0 Å². The van der Waals surface area contributed by atoms with Gasteiger partial charge in [0.1, 0.15) is 5.82 Å². The van der Waals surface area contributed by atoms with Gasteiger partial charge < -0.3 is 15.6 Å². The second-order valence-electron chi connectivity index (χ2n) is 3.70. The number of carbonyl (C=O) groups is 1. The quantitative estimate of drug-likeness (QED) is 0.753. The summed E-state index contributed by atoms with van der Waals surface area (Å²) in [6.45, 7) is 1.72. The van der Waals surface area contributed by atoms with Crippen molar-refractivity contribution in [2.75, 3.05) is 7.11 Å². The Kier molecular flexibility index (Phi) is 2.72. The molecule has 0 aliphatic rings.